The lowest BCUT2D eigenvalue weighted by Crippen LogP contribution is -2.37. The molecule has 6 nitrogen and oxygen atoms in total. The van der Waals surface area contributed by atoms with Gasteiger partial charge in [0.15, 0.2) is 0 Å². The summed E-state index contributed by atoms with van der Waals surface area (Å²) in [4.78, 5) is 9.35. The molecule has 0 aromatic heterocycles. The van der Waals surface area contributed by atoms with E-state index in [9.17, 15) is 18.7 Å². The van der Waals surface area contributed by atoms with Crippen molar-refractivity contribution in [3.8, 4) is 11.5 Å². The van der Waals surface area contributed by atoms with Crippen molar-refractivity contribution >= 4 is 28.7 Å². The number of rotatable bonds is 6. The zero-order valence-electron chi connectivity index (χ0n) is 12.6. The predicted octanol–water partition coefficient (Wildman–Crippen LogP) is 3.61. The van der Waals surface area contributed by atoms with Crippen LogP contribution in [0.25, 0.3) is 0 Å². The van der Waals surface area contributed by atoms with E-state index >= 15 is 0 Å². The van der Waals surface area contributed by atoms with Gasteiger partial charge in [-0.05, 0) is 24.3 Å². The van der Waals surface area contributed by atoms with E-state index in [4.69, 9.17) is 21.4 Å². The summed E-state index contributed by atoms with van der Waals surface area (Å²) < 4.78 is 27.5. The topological polar surface area (TPSA) is 104 Å². The lowest BCUT2D eigenvalue weighted by molar-refractivity contribution is 0.0693. The van der Waals surface area contributed by atoms with Crippen molar-refractivity contribution in [1.29, 1.82) is 0 Å². The second-order valence-corrected chi connectivity index (χ2v) is 6.54. The van der Waals surface area contributed by atoms with Crippen LogP contribution in [0.15, 0.2) is 42.5 Å². The van der Waals surface area contributed by atoms with Gasteiger partial charge in [-0.3, -0.25) is 0 Å². The molecule has 0 heterocycles. The number of halogens is 1. The summed E-state index contributed by atoms with van der Waals surface area (Å²) in [5.41, 5.74) is 0.137. The Bertz CT molecular complexity index is 777. The fourth-order valence-electron chi connectivity index (χ4n) is 2.25. The average Bonchev–Trinajstić information content (AvgIpc) is 2.53. The largest absolute Gasteiger partial charge is 0.507 e. The molecule has 2 rings (SSSR count). The Balaban J connectivity index is 2.47. The number of hydrogen-bond donors (Lipinski definition) is 3. The molecule has 3 N–H and O–H groups in total. The Morgan fingerprint density at radius 3 is 2.33 bits per heavy atom. The highest BCUT2D eigenvalue weighted by Crippen LogP contribution is 2.36. The van der Waals surface area contributed by atoms with Crippen molar-refractivity contribution in [2.45, 2.75) is 18.3 Å². The molecular formula is C16H15ClO6S. The van der Waals surface area contributed by atoms with E-state index < -0.39 is 27.7 Å². The molecule has 2 aromatic carbocycles. The van der Waals surface area contributed by atoms with E-state index in [1.807, 2.05) is 0 Å². The molecule has 0 bridgehead atoms. The highest BCUT2D eigenvalue weighted by Gasteiger charge is 2.40. The van der Waals surface area contributed by atoms with Gasteiger partial charge in [-0.1, -0.05) is 30.7 Å². The smallest absolute Gasteiger partial charge is 0.339 e. The third-order valence-electron chi connectivity index (χ3n) is 3.51. The monoisotopic (exact) mass is 370 g/mol. The first-order valence-corrected chi connectivity index (χ1v) is 8.41. The van der Waals surface area contributed by atoms with Crippen molar-refractivity contribution in [3.05, 3.63) is 58.6 Å². The van der Waals surface area contributed by atoms with Crippen molar-refractivity contribution in [2.24, 2.45) is 0 Å². The zero-order valence-corrected chi connectivity index (χ0v) is 14.2. The molecule has 0 saturated carbocycles. The van der Waals surface area contributed by atoms with Crippen molar-refractivity contribution in [3.63, 3.8) is 0 Å². The molecule has 8 heteroatoms. The molecular weight excluding hydrogens is 356 g/mol. The van der Waals surface area contributed by atoms with Gasteiger partial charge in [-0.2, -0.15) is 0 Å². The molecule has 0 aliphatic carbocycles. The van der Waals surface area contributed by atoms with Gasteiger partial charge in [-0.25, -0.2) is 9.00 Å². The van der Waals surface area contributed by atoms with Crippen LogP contribution in [0, 0.1) is 0 Å². The van der Waals surface area contributed by atoms with E-state index in [1.165, 1.54) is 6.07 Å². The number of benzene rings is 2. The molecule has 2 aromatic rings. The van der Waals surface area contributed by atoms with Gasteiger partial charge in [0.2, 0.25) is 16.0 Å². The fraction of sp³-hybridized carbons (Fsp3) is 0.188. The molecule has 0 aliphatic rings. The number of aromatic hydroxyl groups is 1. The molecule has 0 saturated heterocycles. The molecule has 0 spiro atoms. The molecule has 0 amide bonds. The minimum atomic E-state index is -2.40. The predicted molar refractivity (Wildman–Crippen MR) is 89.9 cm³/mol. The van der Waals surface area contributed by atoms with Gasteiger partial charge in [0.05, 0.1) is 0 Å². The standard InChI is InChI=1S/C16H15ClO6S/c1-2-16(24(21)22,10-3-5-11(17)6-4-10)23-12-7-8-13(15(19)20)14(18)9-12/h3-9,18H,2H2,1H3,(H,19,20)(H,21,22). The van der Waals surface area contributed by atoms with Crippen LogP contribution in [-0.4, -0.2) is 24.9 Å². The third-order valence-corrected chi connectivity index (χ3v) is 4.94. The summed E-state index contributed by atoms with van der Waals surface area (Å²) in [6.45, 7) is 1.67. The minimum absolute atomic E-state index is 0.0664. The quantitative estimate of drug-likeness (QED) is 0.671. The summed E-state index contributed by atoms with van der Waals surface area (Å²) in [5.74, 6) is -1.72. The maximum atomic E-state index is 12.0. The van der Waals surface area contributed by atoms with Gasteiger partial charge < -0.3 is 19.5 Å². The summed E-state index contributed by atoms with van der Waals surface area (Å²) in [7, 11) is 0. The van der Waals surface area contributed by atoms with E-state index in [1.54, 1.807) is 31.2 Å². The molecule has 2 unspecified atom stereocenters. The van der Waals surface area contributed by atoms with Crippen LogP contribution in [-0.2, 0) is 16.0 Å². The van der Waals surface area contributed by atoms with E-state index in [-0.39, 0.29) is 17.7 Å². The fourth-order valence-corrected chi connectivity index (χ4v) is 3.12. The van der Waals surface area contributed by atoms with Crippen LogP contribution in [0.3, 0.4) is 0 Å². The normalized spacial score (nSPS) is 14.6. The second kappa shape index (κ2) is 7.21. The Kier molecular flexibility index (Phi) is 5.48. The lowest BCUT2D eigenvalue weighted by Gasteiger charge is -2.30. The van der Waals surface area contributed by atoms with Crippen LogP contribution in [0.4, 0.5) is 0 Å². The molecule has 0 radical (unpaired) electrons. The highest BCUT2D eigenvalue weighted by molar-refractivity contribution is 7.80. The first-order chi connectivity index (χ1) is 11.3. The maximum absolute atomic E-state index is 12.0. The highest BCUT2D eigenvalue weighted by atomic mass is 35.5. The summed E-state index contributed by atoms with van der Waals surface area (Å²) in [5, 5.41) is 19.2. The minimum Gasteiger partial charge on any atom is -0.507 e. The maximum Gasteiger partial charge on any atom is 0.339 e. The van der Waals surface area contributed by atoms with Gasteiger partial charge in [0.1, 0.15) is 17.1 Å². The van der Waals surface area contributed by atoms with Gasteiger partial charge in [-0.15, -0.1) is 0 Å². The Morgan fingerprint density at radius 2 is 1.88 bits per heavy atom. The number of hydrogen-bond acceptors (Lipinski definition) is 4. The zero-order chi connectivity index (χ0) is 17.9. The third kappa shape index (κ3) is 3.53. The number of aromatic carboxylic acids is 1. The van der Waals surface area contributed by atoms with Crippen LogP contribution in [0.1, 0.15) is 29.3 Å². The number of phenols is 1. The van der Waals surface area contributed by atoms with E-state index in [0.717, 1.165) is 12.1 Å². The number of carbonyl (C=O) groups is 1. The van der Waals surface area contributed by atoms with Gasteiger partial charge in [0.25, 0.3) is 0 Å². The number of carboxylic acid groups (broad SMARTS) is 1. The number of carboxylic acids is 1. The molecule has 0 aliphatic heterocycles. The number of ether oxygens (including phenoxy) is 1. The Hall–Kier alpha value is -2.09. The average molecular weight is 371 g/mol. The van der Waals surface area contributed by atoms with E-state index in [0.29, 0.717) is 10.6 Å². The molecule has 24 heavy (non-hydrogen) atoms. The first-order valence-electron chi connectivity index (χ1n) is 6.92. The van der Waals surface area contributed by atoms with Crippen LogP contribution in [0.5, 0.6) is 11.5 Å². The molecule has 128 valence electrons. The first kappa shape index (κ1) is 18.3. The SMILES string of the molecule is CCC(Oc1ccc(C(=O)O)c(O)c1)(c1ccc(Cl)cc1)S(=O)O. The van der Waals surface area contributed by atoms with Crippen LogP contribution < -0.4 is 4.74 Å². The molecule has 0 fully saturated rings. The Labute approximate surface area is 145 Å². The van der Waals surface area contributed by atoms with Crippen LogP contribution >= 0.6 is 11.6 Å². The second-order valence-electron chi connectivity index (χ2n) is 4.95. The summed E-state index contributed by atoms with van der Waals surface area (Å²) in [6.07, 6.45) is 0.152. The van der Waals surface area contributed by atoms with Crippen molar-refractivity contribution in [1.82, 2.24) is 0 Å². The molecule has 2 atom stereocenters. The van der Waals surface area contributed by atoms with Gasteiger partial charge >= 0.3 is 5.97 Å². The van der Waals surface area contributed by atoms with Crippen molar-refractivity contribution < 1.29 is 28.5 Å². The lowest BCUT2D eigenvalue weighted by atomic mass is 10.1. The summed E-state index contributed by atoms with van der Waals surface area (Å²) >= 11 is 3.44. The van der Waals surface area contributed by atoms with Gasteiger partial charge in [0, 0.05) is 23.1 Å². The summed E-state index contributed by atoms with van der Waals surface area (Å²) in [6, 6.07) is 9.87. The van der Waals surface area contributed by atoms with E-state index in [2.05, 4.69) is 0 Å². The van der Waals surface area contributed by atoms with Crippen LogP contribution in [0.2, 0.25) is 5.02 Å². The van der Waals surface area contributed by atoms with Crippen molar-refractivity contribution in [2.75, 3.05) is 0 Å². The Morgan fingerprint density at radius 1 is 1.25 bits per heavy atom.